The van der Waals surface area contributed by atoms with Crippen LogP contribution >= 0.6 is 0 Å². The van der Waals surface area contributed by atoms with E-state index in [2.05, 4.69) is 25.8 Å². The monoisotopic (exact) mass is 290 g/mol. The minimum atomic E-state index is -4.36. The van der Waals surface area contributed by atoms with E-state index in [9.17, 15) is 13.2 Å². The Hall–Kier alpha value is -1.00. The summed E-state index contributed by atoms with van der Waals surface area (Å²) in [4.78, 5) is 3.61. The Bertz CT molecular complexity index is 419. The van der Waals surface area contributed by atoms with Crippen molar-refractivity contribution in [1.82, 2.24) is 9.55 Å². The van der Waals surface area contributed by atoms with Gasteiger partial charge in [0.1, 0.15) is 5.82 Å². The smallest absolute Gasteiger partial charge is 0.334 e. The summed E-state index contributed by atoms with van der Waals surface area (Å²) in [6, 6.07) is 0. The van der Waals surface area contributed by atoms with E-state index >= 15 is 0 Å². The lowest BCUT2D eigenvalue weighted by molar-refractivity contribution is -0.141. The van der Waals surface area contributed by atoms with Crippen LogP contribution in [0.25, 0.3) is 0 Å². The van der Waals surface area contributed by atoms with Crippen molar-refractivity contribution in [2.75, 3.05) is 0 Å². The highest BCUT2D eigenvalue weighted by molar-refractivity contribution is 5.07. The number of imidazole rings is 1. The van der Waals surface area contributed by atoms with Crippen LogP contribution in [-0.4, -0.2) is 9.55 Å². The van der Waals surface area contributed by atoms with Gasteiger partial charge < -0.3 is 4.57 Å². The van der Waals surface area contributed by atoms with Gasteiger partial charge in [0, 0.05) is 12.7 Å². The van der Waals surface area contributed by atoms with Crippen LogP contribution in [0.15, 0.2) is 6.20 Å². The van der Waals surface area contributed by atoms with E-state index in [4.69, 9.17) is 0 Å². The van der Waals surface area contributed by atoms with Gasteiger partial charge in [0.15, 0.2) is 5.69 Å². The van der Waals surface area contributed by atoms with Crippen molar-refractivity contribution in [1.29, 1.82) is 0 Å². The van der Waals surface area contributed by atoms with Gasteiger partial charge in [0.05, 0.1) is 0 Å². The molecule has 0 N–H and O–H groups in total. The van der Waals surface area contributed by atoms with Gasteiger partial charge in [0.25, 0.3) is 0 Å². The quantitative estimate of drug-likeness (QED) is 0.630. The summed E-state index contributed by atoms with van der Waals surface area (Å²) in [6.07, 6.45) is 2.52. The lowest BCUT2D eigenvalue weighted by Gasteiger charge is -2.25. The largest absolute Gasteiger partial charge is 0.434 e. The summed E-state index contributed by atoms with van der Waals surface area (Å²) in [7, 11) is 0. The molecule has 1 aromatic heterocycles. The maximum absolute atomic E-state index is 12.6. The third-order valence-corrected chi connectivity index (χ3v) is 3.57. The fourth-order valence-corrected chi connectivity index (χ4v) is 2.38. The average molecular weight is 290 g/mol. The van der Waals surface area contributed by atoms with Crippen molar-refractivity contribution in [3.05, 3.63) is 17.7 Å². The van der Waals surface area contributed by atoms with Crippen molar-refractivity contribution in [2.24, 2.45) is 5.41 Å². The first-order valence-electron chi connectivity index (χ1n) is 7.27. The SMILES string of the molecule is CCCCCCC(C)(C)Cn1cc(C(F)(F)F)nc1C. The average Bonchev–Trinajstić information content (AvgIpc) is 2.66. The molecule has 116 valence electrons. The minimum absolute atomic E-state index is 0.0118. The summed E-state index contributed by atoms with van der Waals surface area (Å²) in [6.45, 7) is 8.58. The first kappa shape index (κ1) is 17.1. The fraction of sp³-hybridized carbons (Fsp3) is 0.800. The molecule has 0 bridgehead atoms. The minimum Gasteiger partial charge on any atom is -0.334 e. The molecule has 20 heavy (non-hydrogen) atoms. The molecule has 5 heteroatoms. The first-order valence-corrected chi connectivity index (χ1v) is 7.27. The van der Waals surface area contributed by atoms with E-state index in [1.165, 1.54) is 19.3 Å². The fourth-order valence-electron chi connectivity index (χ4n) is 2.38. The van der Waals surface area contributed by atoms with E-state index in [0.717, 1.165) is 19.0 Å². The number of hydrogen-bond acceptors (Lipinski definition) is 1. The molecule has 0 spiro atoms. The van der Waals surface area contributed by atoms with Crippen LogP contribution in [0.1, 0.15) is 64.4 Å². The number of alkyl halides is 3. The Balaban J connectivity index is 2.65. The summed E-state index contributed by atoms with van der Waals surface area (Å²) < 4.78 is 39.5. The van der Waals surface area contributed by atoms with E-state index in [1.807, 2.05) is 0 Å². The Labute approximate surface area is 119 Å². The molecule has 0 amide bonds. The molecule has 1 aromatic rings. The second-order valence-corrected chi connectivity index (χ2v) is 6.27. The van der Waals surface area contributed by atoms with E-state index < -0.39 is 11.9 Å². The number of aryl methyl sites for hydroxylation is 1. The van der Waals surface area contributed by atoms with Crippen LogP contribution < -0.4 is 0 Å². The van der Waals surface area contributed by atoms with E-state index in [1.54, 1.807) is 11.5 Å². The Morgan fingerprint density at radius 1 is 1.15 bits per heavy atom. The Morgan fingerprint density at radius 3 is 2.30 bits per heavy atom. The highest BCUT2D eigenvalue weighted by Gasteiger charge is 2.34. The molecule has 2 nitrogen and oxygen atoms in total. The third kappa shape index (κ3) is 5.17. The molecule has 0 radical (unpaired) electrons. The van der Waals surface area contributed by atoms with Crippen LogP contribution in [-0.2, 0) is 12.7 Å². The number of rotatable bonds is 7. The summed E-state index contributed by atoms with van der Waals surface area (Å²) >= 11 is 0. The number of unbranched alkanes of at least 4 members (excludes halogenated alkanes) is 3. The third-order valence-electron chi connectivity index (χ3n) is 3.57. The standard InChI is InChI=1S/C15H25F3N2/c1-5-6-7-8-9-14(3,4)11-20-10-13(15(16,17)18)19-12(20)2/h10H,5-9,11H2,1-4H3. The number of hydrogen-bond donors (Lipinski definition) is 0. The van der Waals surface area contributed by atoms with Crippen LogP contribution in [0, 0.1) is 12.3 Å². The number of aromatic nitrogens is 2. The molecule has 0 saturated carbocycles. The Morgan fingerprint density at radius 2 is 1.80 bits per heavy atom. The van der Waals surface area contributed by atoms with Gasteiger partial charge in [-0.05, 0) is 18.8 Å². The van der Waals surface area contributed by atoms with Gasteiger partial charge in [-0.15, -0.1) is 0 Å². The molecule has 0 unspecified atom stereocenters. The second-order valence-electron chi connectivity index (χ2n) is 6.27. The molecule has 0 aromatic carbocycles. The van der Waals surface area contributed by atoms with Gasteiger partial charge in [0.2, 0.25) is 0 Å². The lowest BCUT2D eigenvalue weighted by Crippen LogP contribution is -2.20. The van der Waals surface area contributed by atoms with Crippen molar-refractivity contribution in [2.45, 2.75) is 72.5 Å². The molecule has 0 atom stereocenters. The normalized spacial score (nSPS) is 12.9. The van der Waals surface area contributed by atoms with Crippen LogP contribution in [0.3, 0.4) is 0 Å². The molecule has 0 saturated heterocycles. The second kappa shape index (κ2) is 6.64. The maximum Gasteiger partial charge on any atom is 0.434 e. The van der Waals surface area contributed by atoms with Crippen molar-refractivity contribution in [3.8, 4) is 0 Å². The van der Waals surface area contributed by atoms with E-state index in [0.29, 0.717) is 12.4 Å². The molecule has 0 fully saturated rings. The highest BCUT2D eigenvalue weighted by Crippen LogP contribution is 2.31. The number of halogens is 3. The van der Waals surface area contributed by atoms with Gasteiger partial charge >= 0.3 is 6.18 Å². The highest BCUT2D eigenvalue weighted by atomic mass is 19.4. The topological polar surface area (TPSA) is 17.8 Å². The van der Waals surface area contributed by atoms with Gasteiger partial charge in [-0.25, -0.2) is 4.98 Å². The number of nitrogens with zero attached hydrogens (tertiary/aromatic N) is 2. The maximum atomic E-state index is 12.6. The van der Waals surface area contributed by atoms with E-state index in [-0.39, 0.29) is 5.41 Å². The zero-order valence-electron chi connectivity index (χ0n) is 12.8. The zero-order chi connectivity index (χ0) is 15.4. The summed E-state index contributed by atoms with van der Waals surface area (Å²) in [5.41, 5.74) is -0.806. The zero-order valence-corrected chi connectivity index (χ0v) is 12.8. The molecule has 0 aliphatic heterocycles. The summed E-state index contributed by atoms with van der Waals surface area (Å²) in [5, 5.41) is 0. The molecular weight excluding hydrogens is 265 g/mol. The van der Waals surface area contributed by atoms with Crippen LogP contribution in [0.5, 0.6) is 0 Å². The molecular formula is C15H25F3N2. The first-order chi connectivity index (χ1) is 9.15. The van der Waals surface area contributed by atoms with Crippen molar-refractivity contribution >= 4 is 0 Å². The molecule has 0 aliphatic rings. The Kier molecular flexibility index (Phi) is 5.66. The van der Waals surface area contributed by atoms with Crippen molar-refractivity contribution in [3.63, 3.8) is 0 Å². The van der Waals surface area contributed by atoms with Crippen LogP contribution in [0.4, 0.5) is 13.2 Å². The summed E-state index contributed by atoms with van der Waals surface area (Å²) in [5.74, 6) is 0.430. The molecule has 1 rings (SSSR count). The van der Waals surface area contributed by atoms with Gasteiger partial charge in [-0.1, -0.05) is 46.5 Å². The van der Waals surface area contributed by atoms with Gasteiger partial charge in [-0.3, -0.25) is 0 Å². The lowest BCUT2D eigenvalue weighted by atomic mass is 9.86. The van der Waals surface area contributed by atoms with Crippen LogP contribution in [0.2, 0.25) is 0 Å². The predicted octanol–water partition coefficient (Wildman–Crippen LogP) is 5.21. The van der Waals surface area contributed by atoms with Gasteiger partial charge in [-0.2, -0.15) is 13.2 Å². The molecule has 0 aliphatic carbocycles. The predicted molar refractivity (Wildman–Crippen MR) is 74.5 cm³/mol. The molecule has 1 heterocycles. The van der Waals surface area contributed by atoms with Crippen molar-refractivity contribution < 1.29 is 13.2 Å².